The second-order valence-corrected chi connectivity index (χ2v) is 7.87. The Bertz CT molecular complexity index is 1100. The number of nitrogens with two attached hydrogens (primary N) is 1. The molecular formula is C25H28N4O3. The van der Waals surface area contributed by atoms with Crippen molar-refractivity contribution in [2.75, 3.05) is 38.4 Å². The van der Waals surface area contributed by atoms with E-state index in [1.54, 1.807) is 12.1 Å². The number of carbonyl (C=O) groups is 1. The maximum atomic E-state index is 12.7. The minimum absolute atomic E-state index is 0.294. The molecule has 4 rings (SSSR count). The van der Waals surface area contributed by atoms with Gasteiger partial charge in [0.1, 0.15) is 0 Å². The average Bonchev–Trinajstić information content (AvgIpc) is 2.83. The second-order valence-electron chi connectivity index (χ2n) is 7.87. The summed E-state index contributed by atoms with van der Waals surface area (Å²) in [5.74, 6) is 0.649. The summed E-state index contributed by atoms with van der Waals surface area (Å²) in [7, 11) is 3.05. The summed E-state index contributed by atoms with van der Waals surface area (Å²) in [6.07, 6.45) is 5.85. The van der Waals surface area contributed by atoms with Gasteiger partial charge in [0.05, 0.1) is 19.8 Å². The van der Waals surface area contributed by atoms with E-state index in [4.69, 9.17) is 15.2 Å². The first-order valence-corrected chi connectivity index (χ1v) is 10.6. The van der Waals surface area contributed by atoms with Crippen molar-refractivity contribution in [2.45, 2.75) is 19.4 Å². The Morgan fingerprint density at radius 1 is 1.09 bits per heavy atom. The van der Waals surface area contributed by atoms with Gasteiger partial charge in [0.25, 0.3) is 5.91 Å². The summed E-state index contributed by atoms with van der Waals surface area (Å²) in [6, 6.07) is 13.2. The third kappa shape index (κ3) is 4.84. The van der Waals surface area contributed by atoms with E-state index in [0.717, 1.165) is 32.5 Å². The molecule has 0 fully saturated rings. The Balaban J connectivity index is 1.35. The molecule has 1 aliphatic heterocycles. The summed E-state index contributed by atoms with van der Waals surface area (Å²) in [4.78, 5) is 19.4. The second kappa shape index (κ2) is 9.70. The quantitative estimate of drug-likeness (QED) is 0.555. The average molecular weight is 433 g/mol. The zero-order valence-corrected chi connectivity index (χ0v) is 18.4. The van der Waals surface area contributed by atoms with Gasteiger partial charge in [-0.2, -0.15) is 0 Å². The molecule has 32 heavy (non-hydrogen) atoms. The summed E-state index contributed by atoms with van der Waals surface area (Å²) in [5.41, 5.74) is 11.4. The van der Waals surface area contributed by atoms with E-state index in [9.17, 15) is 4.79 Å². The van der Waals surface area contributed by atoms with Crippen LogP contribution in [0.3, 0.4) is 0 Å². The van der Waals surface area contributed by atoms with Crippen LogP contribution in [-0.2, 0) is 19.4 Å². The number of nitrogen functional groups attached to an aromatic ring is 1. The first kappa shape index (κ1) is 21.6. The molecule has 1 aromatic heterocycles. The molecule has 1 amide bonds. The Kier molecular flexibility index (Phi) is 6.56. The molecule has 0 bridgehead atoms. The van der Waals surface area contributed by atoms with Gasteiger partial charge in [-0.1, -0.05) is 12.1 Å². The van der Waals surface area contributed by atoms with Crippen molar-refractivity contribution in [1.82, 2.24) is 9.88 Å². The molecular weight excluding hydrogens is 404 g/mol. The van der Waals surface area contributed by atoms with Crippen molar-refractivity contribution < 1.29 is 14.3 Å². The number of pyridine rings is 1. The number of amides is 1. The van der Waals surface area contributed by atoms with Crippen LogP contribution >= 0.6 is 0 Å². The highest BCUT2D eigenvalue weighted by molar-refractivity contribution is 6.08. The summed E-state index contributed by atoms with van der Waals surface area (Å²) in [5, 5.41) is 2.90. The lowest BCUT2D eigenvalue weighted by Crippen LogP contribution is -2.32. The van der Waals surface area contributed by atoms with Crippen LogP contribution in [0.15, 0.2) is 54.9 Å². The SMILES string of the molecule is COc1cc(N)c(C(=O)Nc2ccc(CCN3CCc4cnccc4C3)cc2)cc1OC. The first-order valence-electron chi connectivity index (χ1n) is 10.6. The Morgan fingerprint density at radius 3 is 2.59 bits per heavy atom. The number of carbonyl (C=O) groups excluding carboxylic acids is 1. The van der Waals surface area contributed by atoms with Crippen molar-refractivity contribution in [3.05, 3.63) is 77.1 Å². The predicted octanol–water partition coefficient (Wildman–Crippen LogP) is 3.53. The fraction of sp³-hybridized carbons (Fsp3) is 0.280. The lowest BCUT2D eigenvalue weighted by molar-refractivity contribution is 0.102. The fourth-order valence-corrected chi connectivity index (χ4v) is 3.96. The van der Waals surface area contributed by atoms with E-state index in [0.29, 0.717) is 28.4 Å². The van der Waals surface area contributed by atoms with Gasteiger partial charge in [0.2, 0.25) is 0 Å². The number of hydrogen-bond donors (Lipinski definition) is 2. The van der Waals surface area contributed by atoms with Gasteiger partial charge in [-0.3, -0.25) is 14.7 Å². The predicted molar refractivity (Wildman–Crippen MR) is 125 cm³/mol. The molecule has 1 aliphatic rings. The van der Waals surface area contributed by atoms with E-state index in [-0.39, 0.29) is 5.91 Å². The number of benzene rings is 2. The largest absolute Gasteiger partial charge is 0.493 e. The van der Waals surface area contributed by atoms with Gasteiger partial charge >= 0.3 is 0 Å². The lowest BCUT2D eigenvalue weighted by Gasteiger charge is -2.28. The van der Waals surface area contributed by atoms with Crippen LogP contribution in [0.2, 0.25) is 0 Å². The van der Waals surface area contributed by atoms with Crippen LogP contribution < -0.4 is 20.5 Å². The standard InChI is InChI=1S/C25H28N4O3/c1-31-23-13-21(22(26)14-24(23)32-2)25(30)28-20-5-3-17(4-6-20)8-11-29-12-9-18-15-27-10-7-19(18)16-29/h3-7,10,13-15H,8-9,11-12,16,26H2,1-2H3,(H,28,30). The number of anilines is 2. The molecule has 0 radical (unpaired) electrons. The molecule has 7 nitrogen and oxygen atoms in total. The molecule has 0 atom stereocenters. The number of hydrogen-bond acceptors (Lipinski definition) is 6. The van der Waals surface area contributed by atoms with Crippen LogP contribution in [-0.4, -0.2) is 43.1 Å². The van der Waals surface area contributed by atoms with Gasteiger partial charge in [-0.15, -0.1) is 0 Å². The van der Waals surface area contributed by atoms with Crippen LogP contribution in [0, 0.1) is 0 Å². The van der Waals surface area contributed by atoms with Crippen LogP contribution in [0.4, 0.5) is 11.4 Å². The molecule has 166 valence electrons. The van der Waals surface area contributed by atoms with E-state index >= 15 is 0 Å². The smallest absolute Gasteiger partial charge is 0.257 e. The first-order chi connectivity index (χ1) is 15.6. The summed E-state index contributed by atoms with van der Waals surface area (Å²) in [6.45, 7) is 3.02. The van der Waals surface area contributed by atoms with Crippen molar-refractivity contribution in [3.63, 3.8) is 0 Å². The maximum absolute atomic E-state index is 12.7. The number of ether oxygens (including phenoxy) is 2. The van der Waals surface area contributed by atoms with E-state index in [1.807, 2.05) is 24.5 Å². The van der Waals surface area contributed by atoms with E-state index < -0.39 is 0 Å². The molecule has 2 heterocycles. The van der Waals surface area contributed by atoms with Gasteiger partial charge in [-0.25, -0.2) is 0 Å². The number of methoxy groups -OCH3 is 2. The minimum atomic E-state index is -0.294. The summed E-state index contributed by atoms with van der Waals surface area (Å²) >= 11 is 0. The van der Waals surface area contributed by atoms with Crippen LogP contribution in [0.25, 0.3) is 0 Å². The number of fused-ring (bicyclic) bond motifs is 1. The monoisotopic (exact) mass is 432 g/mol. The summed E-state index contributed by atoms with van der Waals surface area (Å²) < 4.78 is 10.5. The molecule has 0 saturated carbocycles. The Morgan fingerprint density at radius 2 is 1.84 bits per heavy atom. The maximum Gasteiger partial charge on any atom is 0.257 e. The molecule has 3 aromatic rings. The Hall–Kier alpha value is -3.58. The third-order valence-corrected chi connectivity index (χ3v) is 5.82. The number of rotatable bonds is 7. The molecule has 0 unspecified atom stereocenters. The topological polar surface area (TPSA) is 89.7 Å². The highest BCUT2D eigenvalue weighted by Crippen LogP contribution is 2.32. The van der Waals surface area contributed by atoms with Crippen LogP contribution in [0.5, 0.6) is 11.5 Å². The zero-order chi connectivity index (χ0) is 22.5. The molecule has 2 aromatic carbocycles. The van der Waals surface area contributed by atoms with Gasteiger partial charge < -0.3 is 20.5 Å². The number of aromatic nitrogens is 1. The lowest BCUT2D eigenvalue weighted by atomic mass is 10.0. The van der Waals surface area contributed by atoms with Crippen molar-refractivity contribution in [3.8, 4) is 11.5 Å². The Labute approximate surface area is 188 Å². The van der Waals surface area contributed by atoms with Gasteiger partial charge in [0.15, 0.2) is 11.5 Å². The highest BCUT2D eigenvalue weighted by Gasteiger charge is 2.17. The molecule has 0 saturated heterocycles. The molecule has 0 spiro atoms. The molecule has 7 heteroatoms. The zero-order valence-electron chi connectivity index (χ0n) is 18.4. The van der Waals surface area contributed by atoms with Crippen molar-refractivity contribution >= 4 is 17.3 Å². The van der Waals surface area contributed by atoms with E-state index in [1.165, 1.54) is 30.9 Å². The third-order valence-electron chi connectivity index (χ3n) is 5.82. The van der Waals surface area contributed by atoms with Crippen molar-refractivity contribution in [2.24, 2.45) is 0 Å². The molecule has 3 N–H and O–H groups in total. The fourth-order valence-electron chi connectivity index (χ4n) is 3.96. The number of nitrogens with zero attached hydrogens (tertiary/aromatic N) is 2. The number of nitrogens with one attached hydrogen (secondary N) is 1. The minimum Gasteiger partial charge on any atom is -0.493 e. The van der Waals surface area contributed by atoms with E-state index in [2.05, 4.69) is 33.4 Å². The van der Waals surface area contributed by atoms with Crippen molar-refractivity contribution in [1.29, 1.82) is 0 Å². The van der Waals surface area contributed by atoms with Crippen LogP contribution in [0.1, 0.15) is 27.0 Å². The van der Waals surface area contributed by atoms with Gasteiger partial charge in [0, 0.05) is 49.5 Å². The highest BCUT2D eigenvalue weighted by atomic mass is 16.5. The normalized spacial score (nSPS) is 13.3. The molecule has 0 aliphatic carbocycles. The van der Waals surface area contributed by atoms with Gasteiger partial charge in [-0.05, 0) is 53.8 Å².